The van der Waals surface area contributed by atoms with E-state index in [1.165, 1.54) is 24.1 Å². The van der Waals surface area contributed by atoms with E-state index in [4.69, 9.17) is 4.74 Å². The number of benzene rings is 1. The summed E-state index contributed by atoms with van der Waals surface area (Å²) in [5.41, 5.74) is 2.61. The van der Waals surface area contributed by atoms with Crippen molar-refractivity contribution in [3.05, 3.63) is 35.4 Å². The van der Waals surface area contributed by atoms with Gasteiger partial charge in [0.1, 0.15) is 0 Å². The minimum atomic E-state index is 0.806. The minimum Gasteiger partial charge on any atom is -0.379 e. The van der Waals surface area contributed by atoms with E-state index in [9.17, 15) is 0 Å². The van der Waals surface area contributed by atoms with Crippen molar-refractivity contribution in [3.8, 4) is 0 Å². The van der Waals surface area contributed by atoms with Crippen LogP contribution in [0.4, 0.5) is 0 Å². The average Bonchev–Trinajstić information content (AvgIpc) is 2.59. The Labute approximate surface area is 140 Å². The van der Waals surface area contributed by atoms with Gasteiger partial charge in [0.25, 0.3) is 0 Å². The van der Waals surface area contributed by atoms with Crippen molar-refractivity contribution in [2.75, 3.05) is 46.4 Å². The SMILES string of the molecule is CN=C(NCCCCN1CCOCC1)NCc1ccccc1C. The van der Waals surface area contributed by atoms with Gasteiger partial charge >= 0.3 is 0 Å². The number of morpholine rings is 1. The molecule has 0 saturated carbocycles. The van der Waals surface area contributed by atoms with Gasteiger partial charge in [-0.2, -0.15) is 0 Å². The molecule has 0 amide bonds. The van der Waals surface area contributed by atoms with Gasteiger partial charge in [-0.25, -0.2) is 0 Å². The Morgan fingerprint density at radius 3 is 2.70 bits per heavy atom. The summed E-state index contributed by atoms with van der Waals surface area (Å²) in [4.78, 5) is 6.77. The van der Waals surface area contributed by atoms with Crippen molar-refractivity contribution in [1.29, 1.82) is 0 Å². The molecule has 0 aliphatic carbocycles. The van der Waals surface area contributed by atoms with Gasteiger partial charge in [-0.15, -0.1) is 0 Å². The number of guanidine groups is 1. The second-order valence-electron chi connectivity index (χ2n) is 5.94. The van der Waals surface area contributed by atoms with E-state index in [1.54, 1.807) is 0 Å². The Kier molecular flexibility index (Phi) is 7.90. The van der Waals surface area contributed by atoms with E-state index in [1.807, 2.05) is 7.05 Å². The van der Waals surface area contributed by atoms with Crippen LogP contribution in [0.15, 0.2) is 29.3 Å². The molecule has 23 heavy (non-hydrogen) atoms. The summed E-state index contributed by atoms with van der Waals surface area (Å²) in [6.45, 7) is 8.98. The van der Waals surface area contributed by atoms with Gasteiger partial charge in [-0.3, -0.25) is 9.89 Å². The second kappa shape index (κ2) is 10.2. The fourth-order valence-corrected chi connectivity index (χ4v) is 2.70. The number of rotatable bonds is 7. The highest BCUT2D eigenvalue weighted by molar-refractivity contribution is 5.79. The van der Waals surface area contributed by atoms with E-state index in [2.05, 4.69) is 51.7 Å². The first-order chi connectivity index (χ1) is 11.3. The second-order valence-corrected chi connectivity index (χ2v) is 5.94. The van der Waals surface area contributed by atoms with Gasteiger partial charge in [-0.05, 0) is 37.4 Å². The van der Waals surface area contributed by atoms with E-state index in [-0.39, 0.29) is 0 Å². The lowest BCUT2D eigenvalue weighted by atomic mass is 10.1. The summed E-state index contributed by atoms with van der Waals surface area (Å²) in [6.07, 6.45) is 2.37. The fraction of sp³-hybridized carbons (Fsp3) is 0.611. The Bertz CT molecular complexity index is 484. The number of aliphatic imine (C=N–C) groups is 1. The minimum absolute atomic E-state index is 0.806. The number of hydrogen-bond acceptors (Lipinski definition) is 3. The molecule has 0 bridgehead atoms. The maximum Gasteiger partial charge on any atom is 0.191 e. The van der Waals surface area contributed by atoms with Crippen molar-refractivity contribution in [1.82, 2.24) is 15.5 Å². The molecular formula is C18H30N4O. The van der Waals surface area contributed by atoms with Crippen LogP contribution in [-0.4, -0.2) is 57.3 Å². The van der Waals surface area contributed by atoms with Crippen molar-refractivity contribution < 1.29 is 4.74 Å². The zero-order chi connectivity index (χ0) is 16.3. The summed E-state index contributed by atoms with van der Waals surface area (Å²) in [6, 6.07) is 8.43. The van der Waals surface area contributed by atoms with Gasteiger partial charge in [0, 0.05) is 33.2 Å². The highest BCUT2D eigenvalue weighted by Crippen LogP contribution is 2.05. The molecule has 128 valence electrons. The summed E-state index contributed by atoms with van der Waals surface area (Å²) in [7, 11) is 1.82. The van der Waals surface area contributed by atoms with Crippen molar-refractivity contribution in [2.45, 2.75) is 26.3 Å². The molecule has 5 nitrogen and oxygen atoms in total. The third-order valence-electron chi connectivity index (χ3n) is 4.23. The molecule has 1 aliphatic rings. The predicted octanol–water partition coefficient (Wildman–Crippen LogP) is 1.77. The zero-order valence-electron chi connectivity index (χ0n) is 14.5. The Morgan fingerprint density at radius 2 is 1.96 bits per heavy atom. The number of nitrogens with one attached hydrogen (secondary N) is 2. The Morgan fingerprint density at radius 1 is 1.17 bits per heavy atom. The standard InChI is InChI=1S/C18H30N4O/c1-16-7-3-4-8-17(16)15-21-18(19-2)20-9-5-6-10-22-11-13-23-14-12-22/h3-4,7-8H,5-6,9-15H2,1-2H3,(H2,19,20,21). The molecule has 1 heterocycles. The van der Waals surface area contributed by atoms with Gasteiger partial charge in [0.2, 0.25) is 0 Å². The van der Waals surface area contributed by atoms with Gasteiger partial charge in [0.05, 0.1) is 13.2 Å². The number of nitrogens with zero attached hydrogens (tertiary/aromatic N) is 2. The molecule has 1 fully saturated rings. The molecule has 2 rings (SSSR count). The molecule has 0 aromatic heterocycles. The summed E-state index contributed by atoms with van der Waals surface area (Å²) in [5, 5.41) is 6.77. The average molecular weight is 318 g/mol. The Hall–Kier alpha value is -1.59. The number of hydrogen-bond donors (Lipinski definition) is 2. The van der Waals surface area contributed by atoms with Crippen molar-refractivity contribution >= 4 is 5.96 Å². The smallest absolute Gasteiger partial charge is 0.191 e. The summed E-state index contributed by atoms with van der Waals surface area (Å²) < 4.78 is 5.37. The number of unbranched alkanes of at least 4 members (excludes halogenated alkanes) is 1. The first-order valence-corrected chi connectivity index (χ1v) is 8.58. The van der Waals surface area contributed by atoms with E-state index < -0.39 is 0 Å². The lowest BCUT2D eigenvalue weighted by molar-refractivity contribution is 0.0372. The van der Waals surface area contributed by atoms with Crippen molar-refractivity contribution in [3.63, 3.8) is 0 Å². The number of ether oxygens (including phenoxy) is 1. The molecule has 0 atom stereocenters. The van der Waals surface area contributed by atoms with E-state index in [0.29, 0.717) is 0 Å². The third-order valence-corrected chi connectivity index (χ3v) is 4.23. The van der Waals surface area contributed by atoms with Gasteiger partial charge < -0.3 is 15.4 Å². The van der Waals surface area contributed by atoms with Crippen LogP contribution in [0.25, 0.3) is 0 Å². The Balaban J connectivity index is 1.58. The van der Waals surface area contributed by atoms with Crippen LogP contribution in [-0.2, 0) is 11.3 Å². The van der Waals surface area contributed by atoms with E-state index >= 15 is 0 Å². The van der Waals surface area contributed by atoms with Crippen LogP contribution in [0, 0.1) is 6.92 Å². The first kappa shape index (κ1) is 17.8. The van der Waals surface area contributed by atoms with Crippen LogP contribution in [0.1, 0.15) is 24.0 Å². The molecular weight excluding hydrogens is 288 g/mol. The molecule has 0 spiro atoms. The highest BCUT2D eigenvalue weighted by atomic mass is 16.5. The first-order valence-electron chi connectivity index (χ1n) is 8.58. The molecule has 1 aromatic rings. The van der Waals surface area contributed by atoms with Gasteiger partial charge in [0.15, 0.2) is 5.96 Å². The molecule has 1 aromatic carbocycles. The molecule has 1 saturated heterocycles. The number of aryl methyl sites for hydroxylation is 1. The summed E-state index contributed by atoms with van der Waals surface area (Å²) in [5.74, 6) is 0.875. The van der Waals surface area contributed by atoms with Crippen LogP contribution >= 0.6 is 0 Å². The quantitative estimate of drug-likeness (QED) is 0.457. The van der Waals surface area contributed by atoms with Crippen LogP contribution in [0.3, 0.4) is 0 Å². The normalized spacial score (nSPS) is 16.3. The third kappa shape index (κ3) is 6.59. The largest absolute Gasteiger partial charge is 0.379 e. The maximum atomic E-state index is 5.37. The molecule has 1 aliphatic heterocycles. The fourth-order valence-electron chi connectivity index (χ4n) is 2.70. The van der Waals surface area contributed by atoms with Crippen molar-refractivity contribution in [2.24, 2.45) is 4.99 Å². The van der Waals surface area contributed by atoms with E-state index in [0.717, 1.165) is 51.8 Å². The molecule has 5 heteroatoms. The summed E-state index contributed by atoms with van der Waals surface area (Å²) >= 11 is 0. The molecule has 0 radical (unpaired) electrons. The monoisotopic (exact) mass is 318 g/mol. The van der Waals surface area contributed by atoms with Crippen LogP contribution in [0.5, 0.6) is 0 Å². The lowest BCUT2D eigenvalue weighted by Gasteiger charge is -2.26. The molecule has 0 unspecified atom stereocenters. The lowest BCUT2D eigenvalue weighted by Crippen LogP contribution is -2.38. The predicted molar refractivity (Wildman–Crippen MR) is 95.9 cm³/mol. The highest BCUT2D eigenvalue weighted by Gasteiger charge is 2.09. The zero-order valence-corrected chi connectivity index (χ0v) is 14.5. The maximum absolute atomic E-state index is 5.37. The van der Waals surface area contributed by atoms with Crippen LogP contribution in [0.2, 0.25) is 0 Å². The van der Waals surface area contributed by atoms with Crippen LogP contribution < -0.4 is 10.6 Å². The van der Waals surface area contributed by atoms with Gasteiger partial charge in [-0.1, -0.05) is 24.3 Å². The topological polar surface area (TPSA) is 48.9 Å². The molecule has 2 N–H and O–H groups in total.